The second-order valence-electron chi connectivity index (χ2n) is 7.62. The van der Waals surface area contributed by atoms with E-state index in [2.05, 4.69) is 6.07 Å². The molecule has 0 unspecified atom stereocenters. The lowest BCUT2D eigenvalue weighted by Gasteiger charge is -2.35. The van der Waals surface area contributed by atoms with Crippen molar-refractivity contribution in [3.05, 3.63) is 40.3 Å². The summed E-state index contributed by atoms with van der Waals surface area (Å²) in [5.41, 5.74) is 3.52. The summed E-state index contributed by atoms with van der Waals surface area (Å²) in [4.78, 5) is 28.3. The molecule has 6 nitrogen and oxygen atoms in total. The predicted molar refractivity (Wildman–Crippen MR) is 111 cm³/mol. The zero-order valence-corrected chi connectivity index (χ0v) is 17.7. The van der Waals surface area contributed by atoms with E-state index in [1.807, 2.05) is 32.0 Å². The first-order chi connectivity index (χ1) is 13.9. The molecular formula is C22H25NO5S. The van der Waals surface area contributed by atoms with E-state index in [1.165, 1.54) is 16.9 Å². The first-order valence-corrected chi connectivity index (χ1v) is 10.7. The van der Waals surface area contributed by atoms with E-state index in [9.17, 15) is 9.59 Å². The standard InChI is InChI=1S/C22H25NO5S/c1-13-10-23(11-14(2)28-13)20(24)12-27-22(25)19-9-16-5-4-15-8-17(26-3)6-7-18(15)21(16)29-19/h6-9,13-14H,4-5,10-12H2,1-3H3/t13-,14-/m1/s1. The van der Waals surface area contributed by atoms with Gasteiger partial charge < -0.3 is 19.1 Å². The number of aryl methyl sites for hydroxylation is 2. The summed E-state index contributed by atoms with van der Waals surface area (Å²) in [5.74, 6) is 0.218. The van der Waals surface area contributed by atoms with Crippen molar-refractivity contribution < 1.29 is 23.8 Å². The van der Waals surface area contributed by atoms with Crippen molar-refractivity contribution in [2.24, 2.45) is 0 Å². The molecule has 2 aromatic rings. The molecule has 1 aromatic carbocycles. The Balaban J connectivity index is 1.43. The number of hydrogen-bond acceptors (Lipinski definition) is 6. The van der Waals surface area contributed by atoms with Crippen LogP contribution in [0.15, 0.2) is 24.3 Å². The van der Waals surface area contributed by atoms with Crippen LogP contribution in [0.25, 0.3) is 10.4 Å². The van der Waals surface area contributed by atoms with Crippen molar-refractivity contribution in [2.75, 3.05) is 26.8 Å². The van der Waals surface area contributed by atoms with Crippen LogP contribution in [-0.2, 0) is 27.1 Å². The quantitative estimate of drug-likeness (QED) is 0.717. The number of amides is 1. The molecule has 2 atom stereocenters. The monoisotopic (exact) mass is 415 g/mol. The third-order valence-corrected chi connectivity index (χ3v) is 6.52. The zero-order chi connectivity index (χ0) is 20.5. The molecule has 0 N–H and O–H groups in total. The molecule has 0 bridgehead atoms. The van der Waals surface area contributed by atoms with Gasteiger partial charge in [0.15, 0.2) is 6.61 Å². The number of carbonyl (C=O) groups is 2. The van der Waals surface area contributed by atoms with Crippen molar-refractivity contribution in [3.8, 4) is 16.2 Å². The SMILES string of the molecule is COc1ccc2c(c1)CCc1cc(C(=O)OCC(=O)N3C[C@@H](C)O[C@H](C)C3)sc1-2. The normalized spacial score (nSPS) is 20.6. The fraction of sp³-hybridized carbons (Fsp3) is 0.455. The molecule has 0 spiro atoms. The van der Waals surface area contributed by atoms with Crippen molar-refractivity contribution >= 4 is 23.2 Å². The molecule has 0 saturated carbocycles. The van der Waals surface area contributed by atoms with Gasteiger partial charge >= 0.3 is 5.97 Å². The summed E-state index contributed by atoms with van der Waals surface area (Å²) < 4.78 is 16.3. The smallest absolute Gasteiger partial charge is 0.348 e. The van der Waals surface area contributed by atoms with Gasteiger partial charge in [-0.25, -0.2) is 4.79 Å². The van der Waals surface area contributed by atoms with Gasteiger partial charge in [0, 0.05) is 18.0 Å². The van der Waals surface area contributed by atoms with Gasteiger partial charge in [-0.1, -0.05) is 0 Å². The summed E-state index contributed by atoms with van der Waals surface area (Å²) in [6, 6.07) is 7.94. The van der Waals surface area contributed by atoms with E-state index in [0.717, 1.165) is 34.6 Å². The molecule has 1 saturated heterocycles. The number of ether oxygens (including phenoxy) is 3. The highest BCUT2D eigenvalue weighted by molar-refractivity contribution is 7.17. The molecule has 7 heteroatoms. The van der Waals surface area contributed by atoms with Crippen molar-refractivity contribution in [1.82, 2.24) is 4.90 Å². The van der Waals surface area contributed by atoms with E-state index < -0.39 is 5.97 Å². The van der Waals surface area contributed by atoms with E-state index >= 15 is 0 Å². The Bertz CT molecular complexity index is 927. The second kappa shape index (κ2) is 8.16. The lowest BCUT2D eigenvalue weighted by molar-refractivity contribution is -0.146. The van der Waals surface area contributed by atoms with Gasteiger partial charge in [0.05, 0.1) is 19.3 Å². The molecule has 2 heterocycles. The summed E-state index contributed by atoms with van der Waals surface area (Å²) >= 11 is 1.43. The Morgan fingerprint density at radius 2 is 1.86 bits per heavy atom. The van der Waals surface area contributed by atoms with Crippen LogP contribution < -0.4 is 4.74 Å². The van der Waals surface area contributed by atoms with Crippen LogP contribution in [0.4, 0.5) is 0 Å². The Labute approximate surface area is 174 Å². The van der Waals surface area contributed by atoms with Crippen LogP contribution in [0.3, 0.4) is 0 Å². The number of benzene rings is 1. The first kappa shape index (κ1) is 19.9. The average Bonchev–Trinajstić information content (AvgIpc) is 3.15. The highest BCUT2D eigenvalue weighted by Gasteiger charge is 2.27. The summed E-state index contributed by atoms with van der Waals surface area (Å²) in [7, 11) is 1.66. The predicted octanol–water partition coefficient (Wildman–Crippen LogP) is 3.31. The van der Waals surface area contributed by atoms with Gasteiger partial charge in [-0.05, 0) is 67.6 Å². The number of hydrogen-bond donors (Lipinski definition) is 0. The maximum atomic E-state index is 12.6. The van der Waals surface area contributed by atoms with Crippen LogP contribution in [-0.4, -0.2) is 55.8 Å². The lowest BCUT2D eigenvalue weighted by atomic mass is 9.91. The third-order valence-electron chi connectivity index (χ3n) is 5.33. The molecule has 29 heavy (non-hydrogen) atoms. The minimum Gasteiger partial charge on any atom is -0.497 e. The Morgan fingerprint density at radius 1 is 1.14 bits per heavy atom. The molecule has 1 aromatic heterocycles. The molecule has 2 aliphatic rings. The highest BCUT2D eigenvalue weighted by Crippen LogP contribution is 2.41. The molecule has 1 aliphatic carbocycles. The highest BCUT2D eigenvalue weighted by atomic mass is 32.1. The topological polar surface area (TPSA) is 65.1 Å². The number of thiophene rings is 1. The van der Waals surface area contributed by atoms with Crippen LogP contribution in [0, 0.1) is 0 Å². The number of carbonyl (C=O) groups excluding carboxylic acids is 2. The van der Waals surface area contributed by atoms with E-state index in [1.54, 1.807) is 12.0 Å². The van der Waals surface area contributed by atoms with Crippen LogP contribution in [0.5, 0.6) is 5.75 Å². The minimum atomic E-state index is -0.442. The van der Waals surface area contributed by atoms with Gasteiger partial charge in [0.1, 0.15) is 10.6 Å². The number of morpholine rings is 1. The summed E-state index contributed by atoms with van der Waals surface area (Å²) in [6.45, 7) is 4.67. The van der Waals surface area contributed by atoms with E-state index in [-0.39, 0.29) is 24.7 Å². The molecule has 1 amide bonds. The third kappa shape index (κ3) is 4.16. The van der Waals surface area contributed by atoms with Crippen LogP contribution in [0.2, 0.25) is 0 Å². The molecule has 0 radical (unpaired) electrons. The fourth-order valence-electron chi connectivity index (χ4n) is 4.01. The van der Waals surface area contributed by atoms with Gasteiger partial charge in [-0.3, -0.25) is 4.79 Å². The molecule has 1 fully saturated rings. The number of esters is 1. The van der Waals surface area contributed by atoms with Gasteiger partial charge in [0.2, 0.25) is 0 Å². The zero-order valence-electron chi connectivity index (χ0n) is 16.9. The minimum absolute atomic E-state index is 0.0129. The molecule has 4 rings (SSSR count). The van der Waals surface area contributed by atoms with Gasteiger partial charge in [0.25, 0.3) is 5.91 Å². The largest absolute Gasteiger partial charge is 0.497 e. The molecular weight excluding hydrogens is 390 g/mol. The summed E-state index contributed by atoms with van der Waals surface area (Å²) in [6.07, 6.45) is 1.76. The maximum Gasteiger partial charge on any atom is 0.348 e. The number of methoxy groups -OCH3 is 1. The van der Waals surface area contributed by atoms with E-state index in [0.29, 0.717) is 18.0 Å². The molecule has 1 aliphatic heterocycles. The lowest BCUT2D eigenvalue weighted by Crippen LogP contribution is -2.49. The Morgan fingerprint density at radius 3 is 2.59 bits per heavy atom. The van der Waals surface area contributed by atoms with Crippen molar-refractivity contribution in [3.63, 3.8) is 0 Å². The summed E-state index contributed by atoms with van der Waals surface area (Å²) in [5, 5.41) is 0. The Kier molecular flexibility index (Phi) is 5.61. The number of fused-ring (bicyclic) bond motifs is 3. The number of rotatable bonds is 4. The average molecular weight is 416 g/mol. The van der Waals surface area contributed by atoms with Gasteiger partial charge in [-0.2, -0.15) is 0 Å². The van der Waals surface area contributed by atoms with Crippen LogP contribution in [0.1, 0.15) is 34.6 Å². The first-order valence-electron chi connectivity index (χ1n) is 9.85. The fourth-order valence-corrected chi connectivity index (χ4v) is 5.17. The maximum absolute atomic E-state index is 12.6. The van der Waals surface area contributed by atoms with Crippen molar-refractivity contribution in [1.29, 1.82) is 0 Å². The Hall–Kier alpha value is -2.38. The van der Waals surface area contributed by atoms with Crippen molar-refractivity contribution in [2.45, 2.75) is 38.9 Å². The van der Waals surface area contributed by atoms with Gasteiger partial charge in [-0.15, -0.1) is 11.3 Å². The number of nitrogens with zero attached hydrogens (tertiary/aromatic N) is 1. The van der Waals surface area contributed by atoms with E-state index in [4.69, 9.17) is 14.2 Å². The second-order valence-corrected chi connectivity index (χ2v) is 8.67. The molecule has 154 valence electrons. The van der Waals surface area contributed by atoms with Crippen LogP contribution >= 0.6 is 11.3 Å².